The van der Waals surface area contributed by atoms with Crippen LogP contribution in [-0.4, -0.2) is 15.8 Å². The number of halogens is 1. The first-order valence-electron chi connectivity index (χ1n) is 8.44. The van der Waals surface area contributed by atoms with Crippen molar-refractivity contribution in [1.82, 2.24) is 9.97 Å². The third-order valence-corrected chi connectivity index (χ3v) is 4.82. The minimum atomic E-state index is 0.0981. The molecule has 0 saturated heterocycles. The molecule has 1 aromatic heterocycles. The molecular formula is C22H17ClN2O. The second kappa shape index (κ2) is 6.77. The van der Waals surface area contributed by atoms with Gasteiger partial charge in [-0.2, -0.15) is 0 Å². The maximum Gasteiger partial charge on any atom is 0.167 e. The van der Waals surface area contributed by atoms with Gasteiger partial charge < -0.3 is 4.98 Å². The lowest BCUT2D eigenvalue weighted by molar-refractivity contribution is 0.0992. The van der Waals surface area contributed by atoms with E-state index in [-0.39, 0.29) is 5.78 Å². The molecule has 26 heavy (non-hydrogen) atoms. The number of hydrogen-bond donors (Lipinski definition) is 1. The number of imidazole rings is 1. The molecule has 0 aliphatic heterocycles. The lowest BCUT2D eigenvalue weighted by Gasteiger charge is -2.07. The molecule has 0 radical (unpaired) electrons. The summed E-state index contributed by atoms with van der Waals surface area (Å²) in [4.78, 5) is 20.6. The highest BCUT2D eigenvalue weighted by Gasteiger charge is 2.13. The highest BCUT2D eigenvalue weighted by molar-refractivity contribution is 6.33. The van der Waals surface area contributed by atoms with Gasteiger partial charge in [0.05, 0.1) is 16.1 Å². The van der Waals surface area contributed by atoms with Gasteiger partial charge in [0, 0.05) is 17.5 Å². The second-order valence-corrected chi connectivity index (χ2v) is 6.74. The van der Waals surface area contributed by atoms with Crippen molar-refractivity contribution in [2.75, 3.05) is 0 Å². The Hall–Kier alpha value is -2.91. The lowest BCUT2D eigenvalue weighted by Crippen LogP contribution is -2.05. The van der Waals surface area contributed by atoms with E-state index in [2.05, 4.69) is 9.97 Å². The van der Waals surface area contributed by atoms with Gasteiger partial charge in [-0.05, 0) is 42.3 Å². The molecule has 4 heteroatoms. The van der Waals surface area contributed by atoms with E-state index in [4.69, 9.17) is 11.6 Å². The SMILES string of the molecule is Cc1ccccc1C(=O)Cc1ccc(Cl)c(-c2nc3ccccc3[nH]2)c1. The number of aryl methyl sites for hydroxylation is 1. The number of nitrogens with zero attached hydrogens (tertiary/aromatic N) is 1. The molecule has 4 aromatic rings. The fourth-order valence-corrected chi connectivity index (χ4v) is 3.32. The molecular weight excluding hydrogens is 344 g/mol. The summed E-state index contributed by atoms with van der Waals surface area (Å²) in [5, 5.41) is 0.608. The molecule has 0 amide bonds. The van der Waals surface area contributed by atoms with Crippen molar-refractivity contribution in [3.63, 3.8) is 0 Å². The molecule has 128 valence electrons. The van der Waals surface area contributed by atoms with Gasteiger partial charge in [0.1, 0.15) is 5.82 Å². The van der Waals surface area contributed by atoms with Gasteiger partial charge >= 0.3 is 0 Å². The number of Topliss-reactive ketones (excluding diaryl/α,β-unsaturated/α-hetero) is 1. The smallest absolute Gasteiger partial charge is 0.167 e. The van der Waals surface area contributed by atoms with Crippen LogP contribution in [0, 0.1) is 6.92 Å². The van der Waals surface area contributed by atoms with E-state index in [1.807, 2.05) is 73.7 Å². The Morgan fingerprint density at radius 3 is 2.62 bits per heavy atom. The summed E-state index contributed by atoms with van der Waals surface area (Å²) < 4.78 is 0. The van der Waals surface area contributed by atoms with Crippen LogP contribution in [0.5, 0.6) is 0 Å². The van der Waals surface area contributed by atoms with Gasteiger partial charge in [0.2, 0.25) is 0 Å². The molecule has 4 rings (SSSR count). The minimum Gasteiger partial charge on any atom is -0.338 e. The number of H-pyrrole nitrogens is 1. The van der Waals surface area contributed by atoms with Crippen LogP contribution in [-0.2, 0) is 6.42 Å². The Morgan fingerprint density at radius 2 is 1.81 bits per heavy atom. The first kappa shape index (κ1) is 16.6. The van der Waals surface area contributed by atoms with E-state index in [1.54, 1.807) is 0 Å². The zero-order chi connectivity index (χ0) is 18.1. The summed E-state index contributed by atoms with van der Waals surface area (Å²) in [5.74, 6) is 0.808. The first-order valence-corrected chi connectivity index (χ1v) is 8.82. The summed E-state index contributed by atoms with van der Waals surface area (Å²) >= 11 is 6.39. The Labute approximate surface area is 156 Å². The average molecular weight is 361 g/mol. The number of ketones is 1. The standard InChI is InChI=1S/C22H17ClN2O/c1-14-6-2-3-7-16(14)21(26)13-15-10-11-18(23)17(12-15)22-24-19-8-4-5-9-20(19)25-22/h2-12H,13H2,1H3,(H,24,25). The zero-order valence-electron chi connectivity index (χ0n) is 14.3. The van der Waals surface area contributed by atoms with Gasteiger partial charge in [-0.3, -0.25) is 4.79 Å². The van der Waals surface area contributed by atoms with Crippen LogP contribution in [0.25, 0.3) is 22.4 Å². The number of hydrogen-bond acceptors (Lipinski definition) is 2. The maximum absolute atomic E-state index is 12.7. The lowest BCUT2D eigenvalue weighted by atomic mass is 9.98. The molecule has 3 aromatic carbocycles. The van der Waals surface area contributed by atoms with Crippen LogP contribution in [0.2, 0.25) is 5.02 Å². The first-order chi connectivity index (χ1) is 12.6. The zero-order valence-corrected chi connectivity index (χ0v) is 15.0. The molecule has 3 nitrogen and oxygen atoms in total. The number of benzene rings is 3. The largest absolute Gasteiger partial charge is 0.338 e. The summed E-state index contributed by atoms with van der Waals surface area (Å²) in [6.45, 7) is 1.95. The van der Waals surface area contributed by atoms with E-state index in [1.165, 1.54) is 0 Å². The van der Waals surface area contributed by atoms with Crippen LogP contribution >= 0.6 is 11.6 Å². The Balaban J connectivity index is 1.68. The minimum absolute atomic E-state index is 0.0981. The van der Waals surface area contributed by atoms with E-state index in [9.17, 15) is 4.79 Å². The predicted octanol–water partition coefficient (Wildman–Crippen LogP) is 5.62. The predicted molar refractivity (Wildman–Crippen MR) is 106 cm³/mol. The van der Waals surface area contributed by atoms with Crippen LogP contribution in [0.1, 0.15) is 21.5 Å². The number of para-hydroxylation sites is 2. The molecule has 0 aliphatic carbocycles. The molecule has 0 bridgehead atoms. The van der Waals surface area contributed by atoms with Gasteiger partial charge in [-0.25, -0.2) is 4.98 Å². The van der Waals surface area contributed by atoms with E-state index >= 15 is 0 Å². The summed E-state index contributed by atoms with van der Waals surface area (Å²) in [6.07, 6.45) is 0.329. The Kier molecular flexibility index (Phi) is 4.31. The highest BCUT2D eigenvalue weighted by atomic mass is 35.5. The summed E-state index contributed by atoms with van der Waals surface area (Å²) in [7, 11) is 0. The number of carbonyl (C=O) groups is 1. The van der Waals surface area contributed by atoms with Crippen molar-refractivity contribution in [1.29, 1.82) is 0 Å². The van der Waals surface area contributed by atoms with Crippen LogP contribution in [0.15, 0.2) is 66.7 Å². The van der Waals surface area contributed by atoms with E-state index in [0.717, 1.165) is 33.3 Å². The number of rotatable bonds is 4. The normalized spacial score (nSPS) is 11.0. The Morgan fingerprint density at radius 1 is 1.04 bits per heavy atom. The summed E-state index contributed by atoms with van der Waals surface area (Å²) in [6, 6.07) is 21.2. The average Bonchev–Trinajstić information content (AvgIpc) is 3.07. The molecule has 0 spiro atoms. The van der Waals surface area contributed by atoms with E-state index in [0.29, 0.717) is 17.3 Å². The fourth-order valence-electron chi connectivity index (χ4n) is 3.11. The van der Waals surface area contributed by atoms with Crippen molar-refractivity contribution < 1.29 is 4.79 Å². The topological polar surface area (TPSA) is 45.8 Å². The Bertz CT molecular complexity index is 1080. The van der Waals surface area contributed by atoms with Crippen LogP contribution in [0.4, 0.5) is 0 Å². The van der Waals surface area contributed by atoms with Crippen LogP contribution < -0.4 is 0 Å². The maximum atomic E-state index is 12.7. The van der Waals surface area contributed by atoms with Gasteiger partial charge in [-0.1, -0.05) is 54.1 Å². The highest BCUT2D eigenvalue weighted by Crippen LogP contribution is 2.29. The molecule has 0 unspecified atom stereocenters. The quantitative estimate of drug-likeness (QED) is 0.480. The van der Waals surface area contributed by atoms with Gasteiger partial charge in [-0.15, -0.1) is 0 Å². The van der Waals surface area contributed by atoms with E-state index < -0.39 is 0 Å². The molecule has 0 fully saturated rings. The molecule has 0 atom stereocenters. The molecule has 1 N–H and O–H groups in total. The van der Waals surface area contributed by atoms with Crippen molar-refractivity contribution in [3.8, 4) is 11.4 Å². The number of fused-ring (bicyclic) bond motifs is 1. The van der Waals surface area contributed by atoms with Crippen molar-refractivity contribution in [2.45, 2.75) is 13.3 Å². The monoisotopic (exact) mass is 360 g/mol. The van der Waals surface area contributed by atoms with Crippen molar-refractivity contribution >= 4 is 28.4 Å². The molecule has 1 heterocycles. The van der Waals surface area contributed by atoms with Gasteiger partial charge in [0.15, 0.2) is 5.78 Å². The third-order valence-electron chi connectivity index (χ3n) is 4.49. The molecule has 0 saturated carbocycles. The number of nitrogens with one attached hydrogen (secondary N) is 1. The molecule has 0 aliphatic rings. The van der Waals surface area contributed by atoms with Crippen LogP contribution in [0.3, 0.4) is 0 Å². The van der Waals surface area contributed by atoms with Crippen molar-refractivity contribution in [3.05, 3.63) is 88.4 Å². The van der Waals surface area contributed by atoms with Crippen molar-refractivity contribution in [2.24, 2.45) is 0 Å². The third kappa shape index (κ3) is 3.14. The number of aromatic nitrogens is 2. The van der Waals surface area contributed by atoms with Gasteiger partial charge in [0.25, 0.3) is 0 Å². The second-order valence-electron chi connectivity index (χ2n) is 6.33. The fraction of sp³-hybridized carbons (Fsp3) is 0.0909. The number of aromatic amines is 1. The summed E-state index contributed by atoms with van der Waals surface area (Å²) in [5.41, 5.74) is 5.31. The number of carbonyl (C=O) groups excluding carboxylic acids is 1.